The van der Waals surface area contributed by atoms with Gasteiger partial charge in [0.15, 0.2) is 11.0 Å². The van der Waals surface area contributed by atoms with E-state index in [9.17, 15) is 9.18 Å². The average Bonchev–Trinajstić information content (AvgIpc) is 2.88. The summed E-state index contributed by atoms with van der Waals surface area (Å²) in [7, 11) is 3.36. The van der Waals surface area contributed by atoms with Gasteiger partial charge in [0.05, 0.1) is 6.04 Å². The summed E-state index contributed by atoms with van der Waals surface area (Å²) in [5.41, 5.74) is 0.720. The maximum absolute atomic E-state index is 14.4. The first-order chi connectivity index (χ1) is 11.5. The molecule has 8 heteroatoms. The molecule has 0 saturated heterocycles. The third-order valence-corrected chi connectivity index (χ3v) is 3.93. The smallest absolute Gasteiger partial charge is 0.410 e. The Labute approximate surface area is 151 Å². The Morgan fingerprint density at radius 3 is 2.68 bits per heavy atom. The summed E-state index contributed by atoms with van der Waals surface area (Å²) in [5, 5.41) is 4.11. The summed E-state index contributed by atoms with van der Waals surface area (Å²) >= 11 is 5.78. The second kappa shape index (κ2) is 7.00. The van der Waals surface area contributed by atoms with Gasteiger partial charge in [-0.2, -0.15) is 5.10 Å². The van der Waals surface area contributed by atoms with Gasteiger partial charge >= 0.3 is 6.09 Å². The zero-order chi connectivity index (χ0) is 18.9. The van der Waals surface area contributed by atoms with Crippen molar-refractivity contribution in [3.05, 3.63) is 35.0 Å². The normalized spacial score (nSPS) is 12.8. The Morgan fingerprint density at radius 1 is 1.44 bits per heavy atom. The molecule has 1 unspecified atom stereocenters. The number of ether oxygens (including phenoxy) is 1. The molecule has 0 aliphatic heterocycles. The number of carbonyl (C=O) groups excluding carboxylic acids is 1. The molecule has 2 heterocycles. The molecule has 1 amide bonds. The largest absolute Gasteiger partial charge is 0.444 e. The van der Waals surface area contributed by atoms with Crippen LogP contribution in [0, 0.1) is 5.82 Å². The van der Waals surface area contributed by atoms with Gasteiger partial charge in [0.2, 0.25) is 0 Å². The molecule has 1 atom stereocenters. The highest BCUT2D eigenvalue weighted by atomic mass is 35.5. The number of halogens is 2. The Morgan fingerprint density at radius 2 is 2.08 bits per heavy atom. The molecular formula is C17H22ClFN4O2. The van der Waals surface area contributed by atoms with Gasteiger partial charge < -0.3 is 9.64 Å². The van der Waals surface area contributed by atoms with E-state index >= 15 is 0 Å². The lowest BCUT2D eigenvalue weighted by atomic mass is 10.0. The van der Waals surface area contributed by atoms with Gasteiger partial charge in [-0.3, -0.25) is 4.68 Å². The van der Waals surface area contributed by atoms with Gasteiger partial charge in [-0.25, -0.2) is 14.2 Å². The fourth-order valence-corrected chi connectivity index (χ4v) is 2.48. The van der Waals surface area contributed by atoms with Gasteiger partial charge in [0.1, 0.15) is 11.3 Å². The van der Waals surface area contributed by atoms with Crippen LogP contribution >= 0.6 is 11.6 Å². The monoisotopic (exact) mass is 368 g/mol. The molecule has 0 aliphatic rings. The summed E-state index contributed by atoms with van der Waals surface area (Å²) in [6.07, 6.45) is 2.69. The SMILES string of the molecule is CC(c1cn(C)nc1-c1ccnc(Cl)c1F)N(C)C(=O)OC(C)(C)C. The van der Waals surface area contributed by atoms with Gasteiger partial charge in [0.25, 0.3) is 0 Å². The van der Waals surface area contributed by atoms with Crippen LogP contribution in [-0.2, 0) is 11.8 Å². The topological polar surface area (TPSA) is 60.2 Å². The second-order valence-corrected chi connectivity index (χ2v) is 7.20. The van der Waals surface area contributed by atoms with Crippen LogP contribution in [0.2, 0.25) is 5.15 Å². The minimum atomic E-state index is -0.642. The van der Waals surface area contributed by atoms with Crippen LogP contribution < -0.4 is 0 Å². The fourth-order valence-electron chi connectivity index (χ4n) is 2.32. The van der Waals surface area contributed by atoms with E-state index in [0.717, 1.165) is 0 Å². The number of amides is 1. The van der Waals surface area contributed by atoms with Crippen molar-refractivity contribution in [3.63, 3.8) is 0 Å². The van der Waals surface area contributed by atoms with Crippen LogP contribution in [0.3, 0.4) is 0 Å². The lowest BCUT2D eigenvalue weighted by molar-refractivity contribution is 0.0234. The lowest BCUT2D eigenvalue weighted by Gasteiger charge is -2.28. The highest BCUT2D eigenvalue weighted by Crippen LogP contribution is 2.33. The number of pyridine rings is 1. The molecule has 0 radical (unpaired) electrons. The van der Waals surface area contributed by atoms with Gasteiger partial charge in [-0.15, -0.1) is 0 Å². The molecule has 0 bridgehead atoms. The van der Waals surface area contributed by atoms with E-state index in [1.165, 1.54) is 17.2 Å². The van der Waals surface area contributed by atoms with E-state index in [0.29, 0.717) is 11.3 Å². The quantitative estimate of drug-likeness (QED) is 0.762. The van der Waals surface area contributed by atoms with Crippen LogP contribution in [-0.4, -0.2) is 38.4 Å². The van der Waals surface area contributed by atoms with Crippen molar-refractivity contribution < 1.29 is 13.9 Å². The zero-order valence-corrected chi connectivity index (χ0v) is 15.9. The van der Waals surface area contributed by atoms with E-state index < -0.39 is 17.5 Å². The molecular weight excluding hydrogens is 347 g/mol. The number of nitrogens with zero attached hydrogens (tertiary/aromatic N) is 4. The van der Waals surface area contributed by atoms with Crippen molar-refractivity contribution in [2.45, 2.75) is 39.3 Å². The molecule has 0 aliphatic carbocycles. The number of rotatable bonds is 3. The molecule has 6 nitrogen and oxygen atoms in total. The van der Waals surface area contributed by atoms with Crippen molar-refractivity contribution in [1.82, 2.24) is 19.7 Å². The fraction of sp³-hybridized carbons (Fsp3) is 0.471. The molecule has 2 aromatic heterocycles. The van der Waals surface area contributed by atoms with Crippen molar-refractivity contribution in [3.8, 4) is 11.3 Å². The van der Waals surface area contributed by atoms with Crippen LogP contribution in [0.4, 0.5) is 9.18 Å². The van der Waals surface area contributed by atoms with E-state index in [1.807, 2.05) is 6.92 Å². The van der Waals surface area contributed by atoms with Crippen molar-refractivity contribution in [1.29, 1.82) is 0 Å². The maximum atomic E-state index is 14.4. The minimum absolute atomic E-state index is 0.220. The van der Waals surface area contributed by atoms with Crippen LogP contribution in [0.15, 0.2) is 18.5 Å². The predicted octanol–water partition coefficient (Wildman–Crippen LogP) is 4.20. The minimum Gasteiger partial charge on any atom is -0.444 e. The first-order valence-corrected chi connectivity index (χ1v) is 8.18. The van der Waals surface area contributed by atoms with E-state index in [-0.39, 0.29) is 16.8 Å². The van der Waals surface area contributed by atoms with Crippen molar-refractivity contribution in [2.75, 3.05) is 7.05 Å². The molecule has 0 aromatic carbocycles. The number of aryl methyl sites for hydroxylation is 1. The van der Waals surface area contributed by atoms with Crippen molar-refractivity contribution in [2.24, 2.45) is 7.05 Å². The Kier molecular flexibility index (Phi) is 5.37. The van der Waals surface area contributed by atoms with Crippen molar-refractivity contribution >= 4 is 17.7 Å². The third kappa shape index (κ3) is 4.28. The van der Waals surface area contributed by atoms with Gasteiger partial charge in [0, 0.05) is 37.6 Å². The average molecular weight is 369 g/mol. The molecule has 0 N–H and O–H groups in total. The third-order valence-electron chi connectivity index (χ3n) is 3.67. The summed E-state index contributed by atoms with van der Waals surface area (Å²) in [4.78, 5) is 17.5. The first-order valence-electron chi connectivity index (χ1n) is 7.81. The zero-order valence-electron chi connectivity index (χ0n) is 15.2. The number of hydrogen-bond acceptors (Lipinski definition) is 4. The van der Waals surface area contributed by atoms with Gasteiger partial charge in [-0.1, -0.05) is 11.6 Å². The van der Waals surface area contributed by atoms with E-state index in [1.54, 1.807) is 45.7 Å². The highest BCUT2D eigenvalue weighted by molar-refractivity contribution is 6.29. The predicted molar refractivity (Wildman–Crippen MR) is 93.8 cm³/mol. The first kappa shape index (κ1) is 19.2. The maximum Gasteiger partial charge on any atom is 0.410 e. The molecule has 0 spiro atoms. The summed E-state index contributed by atoms with van der Waals surface area (Å²) in [6.45, 7) is 7.22. The Bertz CT molecular complexity index is 785. The Balaban J connectivity index is 2.40. The van der Waals surface area contributed by atoms with Crippen LogP contribution in [0.5, 0.6) is 0 Å². The second-order valence-electron chi connectivity index (χ2n) is 6.84. The van der Waals surface area contributed by atoms with Crippen LogP contribution in [0.1, 0.15) is 39.3 Å². The standard InChI is InChI=1S/C17H22ClFN4O2/c1-10(23(6)16(24)25-17(2,3)4)12-9-22(5)21-14(12)11-7-8-20-15(18)13(11)19/h7-10H,1-6H3. The molecule has 0 saturated carbocycles. The lowest BCUT2D eigenvalue weighted by Crippen LogP contribution is -2.35. The number of carbonyl (C=O) groups is 1. The molecule has 2 rings (SSSR count). The Hall–Kier alpha value is -2.15. The molecule has 25 heavy (non-hydrogen) atoms. The summed E-state index contributed by atoms with van der Waals surface area (Å²) in [6, 6.07) is 1.12. The highest BCUT2D eigenvalue weighted by Gasteiger charge is 2.28. The number of aromatic nitrogens is 3. The molecule has 2 aromatic rings. The number of hydrogen-bond donors (Lipinski definition) is 0. The van der Waals surface area contributed by atoms with Gasteiger partial charge in [-0.05, 0) is 33.8 Å². The van der Waals surface area contributed by atoms with E-state index in [4.69, 9.17) is 16.3 Å². The molecule has 136 valence electrons. The molecule has 0 fully saturated rings. The van der Waals surface area contributed by atoms with E-state index in [2.05, 4.69) is 10.1 Å². The summed E-state index contributed by atoms with van der Waals surface area (Å²) in [5.74, 6) is -0.642. The van der Waals surface area contributed by atoms with Crippen LogP contribution in [0.25, 0.3) is 11.3 Å². The summed E-state index contributed by atoms with van der Waals surface area (Å²) < 4.78 is 21.3.